The van der Waals surface area contributed by atoms with Crippen LogP contribution in [0.25, 0.3) is 0 Å². The second-order valence-electron chi connectivity index (χ2n) is 7.83. The summed E-state index contributed by atoms with van der Waals surface area (Å²) in [5.74, 6) is -0.179. The van der Waals surface area contributed by atoms with E-state index in [0.29, 0.717) is 33.8 Å². The van der Waals surface area contributed by atoms with Crippen LogP contribution in [-0.4, -0.2) is 30.3 Å². The van der Waals surface area contributed by atoms with Gasteiger partial charge in [0.1, 0.15) is 11.5 Å². The number of benzene rings is 4. The predicted molar refractivity (Wildman–Crippen MR) is 136 cm³/mol. The third-order valence-corrected chi connectivity index (χ3v) is 5.51. The van der Waals surface area contributed by atoms with Crippen molar-refractivity contribution in [2.75, 3.05) is 7.11 Å². The normalized spacial score (nSPS) is 11.2. The molecule has 4 aromatic carbocycles. The van der Waals surface area contributed by atoms with Crippen LogP contribution < -0.4 is 14.9 Å². The molecule has 4 aromatic rings. The number of aliphatic hydroxyl groups is 1. The fraction of sp³-hybridized carbons (Fsp3) is 0.0690. The molecule has 0 unspecified atom stereocenters. The van der Waals surface area contributed by atoms with E-state index in [1.807, 2.05) is 12.1 Å². The molecule has 7 heteroatoms. The number of hydrogen-bond donors (Lipinski definition) is 2. The Balaban J connectivity index is 1.42. The molecular weight excluding hydrogens is 456 g/mol. The average molecular weight is 481 g/mol. The number of methoxy groups -OCH3 is 1. The van der Waals surface area contributed by atoms with Crippen LogP contribution in [0.5, 0.6) is 11.5 Å². The summed E-state index contributed by atoms with van der Waals surface area (Å²) in [6, 6.07) is 30.6. The Morgan fingerprint density at radius 3 is 1.83 bits per heavy atom. The van der Waals surface area contributed by atoms with Gasteiger partial charge in [-0.15, -0.1) is 0 Å². The second-order valence-corrected chi connectivity index (χ2v) is 7.83. The molecule has 0 spiro atoms. The van der Waals surface area contributed by atoms with E-state index >= 15 is 0 Å². The molecule has 1 amide bonds. The van der Waals surface area contributed by atoms with Crippen LogP contribution in [0.4, 0.5) is 0 Å². The number of rotatable bonds is 8. The molecule has 2 N–H and O–H groups in total. The highest BCUT2D eigenvalue weighted by Crippen LogP contribution is 2.29. The highest BCUT2D eigenvalue weighted by atomic mass is 16.5. The Bertz CT molecular complexity index is 1300. The first kappa shape index (κ1) is 24.4. The van der Waals surface area contributed by atoms with E-state index in [-0.39, 0.29) is 0 Å². The molecule has 180 valence electrons. The number of ether oxygens (including phenoxy) is 2. The zero-order chi connectivity index (χ0) is 25.4. The zero-order valence-corrected chi connectivity index (χ0v) is 19.5. The van der Waals surface area contributed by atoms with Crippen LogP contribution in [0.2, 0.25) is 0 Å². The quantitative estimate of drug-likeness (QED) is 0.170. The van der Waals surface area contributed by atoms with E-state index < -0.39 is 17.5 Å². The average Bonchev–Trinajstić information content (AvgIpc) is 2.94. The van der Waals surface area contributed by atoms with E-state index in [2.05, 4.69) is 10.5 Å². The van der Waals surface area contributed by atoms with Crippen LogP contribution in [0.1, 0.15) is 27.0 Å². The van der Waals surface area contributed by atoms with Crippen molar-refractivity contribution in [3.63, 3.8) is 0 Å². The molecule has 0 saturated carbocycles. The molecule has 0 heterocycles. The van der Waals surface area contributed by atoms with Crippen molar-refractivity contribution >= 4 is 18.1 Å². The highest BCUT2D eigenvalue weighted by Gasteiger charge is 2.39. The number of nitrogens with zero attached hydrogens (tertiary/aromatic N) is 1. The smallest absolute Gasteiger partial charge is 0.343 e. The van der Waals surface area contributed by atoms with Crippen molar-refractivity contribution in [1.29, 1.82) is 0 Å². The van der Waals surface area contributed by atoms with E-state index in [0.717, 1.165) is 0 Å². The maximum absolute atomic E-state index is 13.1. The number of hydrazone groups is 1. The third-order valence-electron chi connectivity index (χ3n) is 5.51. The molecule has 0 aliphatic carbocycles. The topological polar surface area (TPSA) is 97.2 Å². The van der Waals surface area contributed by atoms with Crippen molar-refractivity contribution in [2.24, 2.45) is 5.10 Å². The Kier molecular flexibility index (Phi) is 7.53. The lowest BCUT2D eigenvalue weighted by molar-refractivity contribution is -0.136. The minimum atomic E-state index is -1.92. The molecule has 4 rings (SSSR count). The van der Waals surface area contributed by atoms with Crippen molar-refractivity contribution in [2.45, 2.75) is 5.60 Å². The minimum Gasteiger partial charge on any atom is -0.497 e. The SMILES string of the molecule is COc1ccc(C(=O)Oc2ccc(/C=N\NC(=O)C(O)(c3ccccc3)c3ccccc3)cc2)cc1. The number of amides is 1. The van der Waals surface area contributed by atoms with Gasteiger partial charge < -0.3 is 14.6 Å². The number of hydrogen-bond acceptors (Lipinski definition) is 6. The van der Waals surface area contributed by atoms with Gasteiger partial charge in [0, 0.05) is 0 Å². The summed E-state index contributed by atoms with van der Waals surface area (Å²) in [5.41, 5.74) is 2.41. The van der Waals surface area contributed by atoms with E-state index in [1.165, 1.54) is 6.21 Å². The molecular formula is C29H24N2O5. The van der Waals surface area contributed by atoms with Gasteiger partial charge in [0.15, 0.2) is 5.60 Å². The van der Waals surface area contributed by atoms with Gasteiger partial charge in [-0.1, -0.05) is 60.7 Å². The summed E-state index contributed by atoms with van der Waals surface area (Å²) in [4.78, 5) is 25.4. The first-order valence-corrected chi connectivity index (χ1v) is 11.1. The van der Waals surface area contributed by atoms with Crippen LogP contribution in [0.3, 0.4) is 0 Å². The van der Waals surface area contributed by atoms with Gasteiger partial charge in [-0.2, -0.15) is 5.10 Å². The molecule has 0 fully saturated rings. The molecule has 7 nitrogen and oxygen atoms in total. The summed E-state index contributed by atoms with van der Waals surface area (Å²) in [7, 11) is 1.55. The van der Waals surface area contributed by atoms with Crippen molar-refractivity contribution < 1.29 is 24.2 Å². The summed E-state index contributed by atoms with van der Waals surface area (Å²) < 4.78 is 10.5. The molecule has 0 bridgehead atoms. The predicted octanol–water partition coefficient (Wildman–Crippen LogP) is 4.30. The fourth-order valence-electron chi connectivity index (χ4n) is 3.55. The van der Waals surface area contributed by atoms with Gasteiger partial charge in [-0.25, -0.2) is 10.2 Å². The summed E-state index contributed by atoms with van der Waals surface area (Å²) in [6.45, 7) is 0. The van der Waals surface area contributed by atoms with E-state index in [4.69, 9.17) is 9.47 Å². The monoisotopic (exact) mass is 480 g/mol. The largest absolute Gasteiger partial charge is 0.497 e. The lowest BCUT2D eigenvalue weighted by Crippen LogP contribution is -2.43. The first-order valence-electron chi connectivity index (χ1n) is 11.1. The molecule has 0 aliphatic heterocycles. The van der Waals surface area contributed by atoms with Crippen LogP contribution >= 0.6 is 0 Å². The maximum atomic E-state index is 13.1. The fourth-order valence-corrected chi connectivity index (χ4v) is 3.55. The Hall–Kier alpha value is -4.75. The van der Waals surface area contributed by atoms with Gasteiger partial charge in [-0.05, 0) is 65.2 Å². The highest BCUT2D eigenvalue weighted by molar-refractivity contribution is 5.92. The van der Waals surface area contributed by atoms with Crippen LogP contribution in [-0.2, 0) is 10.4 Å². The molecule has 0 saturated heterocycles. The number of carbonyl (C=O) groups is 2. The number of carbonyl (C=O) groups excluding carboxylic acids is 2. The lowest BCUT2D eigenvalue weighted by atomic mass is 9.85. The van der Waals surface area contributed by atoms with Crippen LogP contribution in [0.15, 0.2) is 114 Å². The lowest BCUT2D eigenvalue weighted by Gasteiger charge is -2.27. The summed E-state index contributed by atoms with van der Waals surface area (Å²) >= 11 is 0. The third kappa shape index (κ3) is 5.48. The van der Waals surface area contributed by atoms with Crippen molar-refractivity contribution in [3.05, 3.63) is 131 Å². The zero-order valence-electron chi connectivity index (χ0n) is 19.5. The van der Waals surface area contributed by atoms with Gasteiger partial charge >= 0.3 is 5.97 Å². The van der Waals surface area contributed by atoms with Gasteiger partial charge in [-0.3, -0.25) is 4.79 Å². The van der Waals surface area contributed by atoms with Crippen LogP contribution in [0, 0.1) is 0 Å². The minimum absolute atomic E-state index is 0.361. The summed E-state index contributed by atoms with van der Waals surface area (Å²) in [6.07, 6.45) is 1.43. The number of esters is 1. The number of nitrogens with one attached hydrogen (secondary N) is 1. The second kappa shape index (κ2) is 11.1. The Morgan fingerprint density at radius 1 is 0.778 bits per heavy atom. The van der Waals surface area contributed by atoms with Crippen molar-refractivity contribution in [3.8, 4) is 11.5 Å². The van der Waals surface area contributed by atoms with Gasteiger partial charge in [0.25, 0.3) is 5.91 Å². The summed E-state index contributed by atoms with van der Waals surface area (Å²) in [5, 5.41) is 15.4. The van der Waals surface area contributed by atoms with E-state index in [1.54, 1.807) is 104 Å². The molecule has 0 atom stereocenters. The maximum Gasteiger partial charge on any atom is 0.343 e. The van der Waals surface area contributed by atoms with Crippen molar-refractivity contribution in [1.82, 2.24) is 5.43 Å². The molecule has 0 radical (unpaired) electrons. The van der Waals surface area contributed by atoms with Gasteiger partial charge in [0.2, 0.25) is 0 Å². The molecule has 36 heavy (non-hydrogen) atoms. The Labute approximate surface area is 208 Å². The first-order chi connectivity index (χ1) is 17.5. The van der Waals surface area contributed by atoms with Gasteiger partial charge in [0.05, 0.1) is 18.9 Å². The van der Waals surface area contributed by atoms with E-state index in [9.17, 15) is 14.7 Å². The molecule has 0 aliphatic rings. The molecule has 0 aromatic heterocycles. The Morgan fingerprint density at radius 2 is 1.31 bits per heavy atom. The standard InChI is InChI=1S/C29H24N2O5/c1-35-25-18-14-22(15-19-25)27(32)36-26-16-12-21(13-17-26)20-30-31-28(33)29(34,23-8-4-2-5-9-23)24-10-6-3-7-11-24/h2-20,34H,1H3,(H,31,33)/b30-20-.